The molecule has 0 amide bonds. The highest BCUT2D eigenvalue weighted by Gasteiger charge is 2.13. The first kappa shape index (κ1) is 16.3. The number of carbonyl (C=O) groups is 1. The van der Waals surface area contributed by atoms with Gasteiger partial charge in [-0.05, 0) is 34.0 Å². The van der Waals surface area contributed by atoms with E-state index < -0.39 is 5.97 Å². The van der Waals surface area contributed by atoms with Crippen LogP contribution in [0.15, 0.2) is 51.7 Å². The van der Waals surface area contributed by atoms with Gasteiger partial charge in [-0.3, -0.25) is 4.98 Å². The van der Waals surface area contributed by atoms with Crippen molar-refractivity contribution in [2.45, 2.75) is 20.0 Å². The van der Waals surface area contributed by atoms with Gasteiger partial charge in [0, 0.05) is 22.4 Å². The molecule has 0 aliphatic carbocycles. The van der Waals surface area contributed by atoms with E-state index in [-0.39, 0.29) is 12.5 Å². The molecule has 122 valence electrons. The van der Waals surface area contributed by atoms with Crippen LogP contribution in [0.25, 0.3) is 11.4 Å². The van der Waals surface area contributed by atoms with Crippen molar-refractivity contribution >= 4 is 21.9 Å². The van der Waals surface area contributed by atoms with E-state index in [1.54, 1.807) is 12.3 Å². The van der Waals surface area contributed by atoms with E-state index in [4.69, 9.17) is 9.26 Å². The number of halogens is 1. The number of hydrogen-bond donors (Lipinski definition) is 0. The third-order valence-corrected chi connectivity index (χ3v) is 3.79. The first-order valence-corrected chi connectivity index (χ1v) is 8.14. The zero-order valence-corrected chi connectivity index (χ0v) is 14.5. The Bertz CT molecular complexity index is 846. The molecule has 0 radical (unpaired) electrons. The number of aromatic nitrogens is 3. The molecule has 0 N–H and O–H groups in total. The molecule has 2 heterocycles. The highest BCUT2D eigenvalue weighted by atomic mass is 79.9. The first-order chi connectivity index (χ1) is 11.7. The van der Waals surface area contributed by atoms with Gasteiger partial charge in [0.1, 0.15) is 0 Å². The molecule has 6 nitrogen and oxygen atoms in total. The largest absolute Gasteiger partial charge is 0.452 e. The van der Waals surface area contributed by atoms with Crippen molar-refractivity contribution in [3.8, 4) is 11.4 Å². The smallest absolute Gasteiger partial charge is 0.340 e. The van der Waals surface area contributed by atoms with Gasteiger partial charge >= 0.3 is 5.97 Å². The van der Waals surface area contributed by atoms with E-state index in [9.17, 15) is 4.79 Å². The number of benzene rings is 1. The quantitative estimate of drug-likeness (QED) is 0.619. The van der Waals surface area contributed by atoms with Crippen LogP contribution in [0.5, 0.6) is 0 Å². The molecule has 3 aromatic rings. The van der Waals surface area contributed by atoms with Gasteiger partial charge in [-0.1, -0.05) is 36.3 Å². The van der Waals surface area contributed by atoms with Gasteiger partial charge in [-0.2, -0.15) is 4.98 Å². The second-order valence-corrected chi connectivity index (χ2v) is 5.95. The molecular formula is C17H14BrN3O3. The predicted molar refractivity (Wildman–Crippen MR) is 90.2 cm³/mol. The van der Waals surface area contributed by atoms with Crippen molar-refractivity contribution in [2.24, 2.45) is 0 Å². The molecule has 0 unspecified atom stereocenters. The van der Waals surface area contributed by atoms with Crippen molar-refractivity contribution in [1.29, 1.82) is 0 Å². The summed E-state index contributed by atoms with van der Waals surface area (Å²) in [5.41, 5.74) is 2.43. The fourth-order valence-corrected chi connectivity index (χ4v) is 2.42. The predicted octanol–water partition coefficient (Wildman–Crippen LogP) is 3.81. The normalized spacial score (nSPS) is 10.6. The molecule has 0 aliphatic heterocycles. The van der Waals surface area contributed by atoms with Gasteiger partial charge in [0.25, 0.3) is 5.89 Å². The third-order valence-electron chi connectivity index (χ3n) is 3.36. The van der Waals surface area contributed by atoms with Crippen molar-refractivity contribution in [3.05, 3.63) is 64.2 Å². The Balaban J connectivity index is 1.64. The molecule has 24 heavy (non-hydrogen) atoms. The van der Waals surface area contributed by atoms with Crippen molar-refractivity contribution in [1.82, 2.24) is 15.1 Å². The van der Waals surface area contributed by atoms with Crippen LogP contribution in [0.4, 0.5) is 0 Å². The Morgan fingerprint density at radius 3 is 2.75 bits per heavy atom. The van der Waals surface area contributed by atoms with E-state index in [0.717, 1.165) is 12.0 Å². The van der Waals surface area contributed by atoms with Crippen LogP contribution in [0.1, 0.15) is 28.7 Å². The third kappa shape index (κ3) is 3.86. The van der Waals surface area contributed by atoms with E-state index in [1.165, 1.54) is 11.8 Å². The van der Waals surface area contributed by atoms with Crippen LogP contribution in [-0.4, -0.2) is 21.1 Å². The highest BCUT2D eigenvalue weighted by Crippen LogP contribution is 2.17. The minimum atomic E-state index is -0.504. The molecule has 0 saturated heterocycles. The molecule has 7 heteroatoms. The lowest BCUT2D eigenvalue weighted by Gasteiger charge is -2.01. The van der Waals surface area contributed by atoms with Crippen LogP contribution < -0.4 is 0 Å². The minimum Gasteiger partial charge on any atom is -0.452 e. The maximum Gasteiger partial charge on any atom is 0.340 e. The molecule has 2 aromatic heterocycles. The van der Waals surface area contributed by atoms with E-state index >= 15 is 0 Å². The van der Waals surface area contributed by atoms with Crippen LogP contribution in [0.2, 0.25) is 0 Å². The Kier molecular flexibility index (Phi) is 5.00. The topological polar surface area (TPSA) is 78.1 Å². The number of nitrogens with zero attached hydrogens (tertiary/aromatic N) is 3. The lowest BCUT2D eigenvalue weighted by molar-refractivity contribution is 0.0429. The summed E-state index contributed by atoms with van der Waals surface area (Å²) in [5.74, 6) is 0.199. The summed E-state index contributed by atoms with van der Waals surface area (Å²) >= 11 is 3.25. The lowest BCUT2D eigenvalue weighted by atomic mass is 10.1. The van der Waals surface area contributed by atoms with Gasteiger partial charge < -0.3 is 9.26 Å². The fraction of sp³-hybridized carbons (Fsp3) is 0.176. The summed E-state index contributed by atoms with van der Waals surface area (Å²) in [6.07, 6.45) is 3.99. The van der Waals surface area contributed by atoms with Crippen LogP contribution in [0, 0.1) is 0 Å². The molecule has 0 saturated carbocycles. The number of hydrogen-bond acceptors (Lipinski definition) is 6. The van der Waals surface area contributed by atoms with Crippen molar-refractivity contribution in [3.63, 3.8) is 0 Å². The Hall–Kier alpha value is -2.54. The summed E-state index contributed by atoms with van der Waals surface area (Å²) in [4.78, 5) is 20.1. The van der Waals surface area contributed by atoms with Crippen LogP contribution >= 0.6 is 15.9 Å². The summed E-state index contributed by atoms with van der Waals surface area (Å²) in [6.45, 7) is 2.00. The Labute approximate surface area is 147 Å². The summed E-state index contributed by atoms with van der Waals surface area (Å²) in [7, 11) is 0. The summed E-state index contributed by atoms with van der Waals surface area (Å²) in [5, 5.41) is 3.91. The average molecular weight is 388 g/mol. The minimum absolute atomic E-state index is 0.0919. The molecule has 0 spiro atoms. The number of esters is 1. The second-order valence-electron chi connectivity index (χ2n) is 5.03. The van der Waals surface area contributed by atoms with E-state index in [0.29, 0.717) is 15.9 Å². The van der Waals surface area contributed by atoms with Crippen molar-refractivity contribution in [2.75, 3.05) is 0 Å². The SMILES string of the molecule is CCc1ccc(-c2noc(COC(=O)c3cncc(Br)c3)n2)cc1. The maximum atomic E-state index is 11.9. The number of ether oxygens (including phenoxy) is 1. The average Bonchev–Trinajstić information content (AvgIpc) is 3.09. The molecule has 0 bridgehead atoms. The number of rotatable bonds is 5. The van der Waals surface area contributed by atoms with Gasteiger partial charge in [0.15, 0.2) is 6.61 Å². The molecular weight excluding hydrogens is 374 g/mol. The highest BCUT2D eigenvalue weighted by molar-refractivity contribution is 9.10. The number of pyridine rings is 1. The molecule has 0 atom stereocenters. The molecule has 3 rings (SSSR count). The fourth-order valence-electron chi connectivity index (χ4n) is 2.05. The Morgan fingerprint density at radius 1 is 1.25 bits per heavy atom. The Morgan fingerprint density at radius 2 is 2.04 bits per heavy atom. The number of carbonyl (C=O) groups excluding carboxylic acids is 1. The van der Waals surface area contributed by atoms with E-state index in [2.05, 4.69) is 38.0 Å². The summed E-state index contributed by atoms with van der Waals surface area (Å²) < 4.78 is 11.0. The van der Waals surface area contributed by atoms with Gasteiger partial charge in [0.05, 0.1) is 5.56 Å². The molecule has 0 fully saturated rings. The van der Waals surface area contributed by atoms with Gasteiger partial charge in [0.2, 0.25) is 5.82 Å². The van der Waals surface area contributed by atoms with Crippen LogP contribution in [0.3, 0.4) is 0 Å². The van der Waals surface area contributed by atoms with E-state index in [1.807, 2.05) is 24.3 Å². The zero-order chi connectivity index (χ0) is 16.9. The standard InChI is InChI=1S/C17H14BrN3O3/c1-2-11-3-5-12(6-4-11)16-20-15(24-21-16)10-23-17(22)13-7-14(18)9-19-8-13/h3-9H,2,10H2,1H3. The first-order valence-electron chi connectivity index (χ1n) is 7.35. The van der Waals surface area contributed by atoms with Crippen molar-refractivity contribution < 1.29 is 14.1 Å². The maximum absolute atomic E-state index is 11.9. The zero-order valence-electron chi connectivity index (χ0n) is 12.9. The number of aryl methyl sites for hydroxylation is 1. The molecule has 1 aromatic carbocycles. The summed E-state index contributed by atoms with van der Waals surface area (Å²) in [6, 6.07) is 9.54. The van der Waals surface area contributed by atoms with Gasteiger partial charge in [-0.25, -0.2) is 4.79 Å². The molecule has 0 aliphatic rings. The van der Waals surface area contributed by atoms with Gasteiger partial charge in [-0.15, -0.1) is 0 Å². The monoisotopic (exact) mass is 387 g/mol. The lowest BCUT2D eigenvalue weighted by Crippen LogP contribution is -2.05. The second kappa shape index (κ2) is 7.35. The van der Waals surface area contributed by atoms with Crippen LogP contribution in [-0.2, 0) is 17.8 Å².